The Labute approximate surface area is 221 Å². The van der Waals surface area contributed by atoms with Crippen molar-refractivity contribution in [3.8, 4) is 0 Å². The number of carbonyl (C=O) groups is 2. The Morgan fingerprint density at radius 3 is 1.50 bits per heavy atom. The summed E-state index contributed by atoms with van der Waals surface area (Å²) in [6.07, 6.45) is 0.152. The van der Waals surface area contributed by atoms with Crippen molar-refractivity contribution >= 4 is 35.0 Å². The van der Waals surface area contributed by atoms with Crippen molar-refractivity contribution in [2.24, 2.45) is 5.73 Å². The van der Waals surface area contributed by atoms with Crippen LogP contribution < -0.4 is 11.1 Å². The molecule has 4 rings (SSSR count). The molecule has 3 N–H and O–H groups in total. The summed E-state index contributed by atoms with van der Waals surface area (Å²) < 4.78 is 0. The smallest absolute Gasteiger partial charge is 0.240 e. The Balaban J connectivity index is 1.74. The van der Waals surface area contributed by atoms with Crippen LogP contribution in [0.15, 0.2) is 109 Å². The van der Waals surface area contributed by atoms with E-state index in [9.17, 15) is 9.59 Å². The normalized spacial score (nSPS) is 12.1. The maximum Gasteiger partial charge on any atom is 0.240 e. The average Bonchev–Trinajstić information content (AvgIpc) is 2.90. The molecule has 0 bridgehead atoms. The SMILES string of the molecule is NC(=O)[C@@H](Cc1c(Cl)cccc1Cl)NC(=O)CC(c1ccccc1)(c1ccccc1)c1ccccc1. The molecule has 1 atom stereocenters. The van der Waals surface area contributed by atoms with Crippen molar-refractivity contribution in [1.82, 2.24) is 5.32 Å². The number of nitrogens with one attached hydrogen (secondary N) is 1. The lowest BCUT2D eigenvalue weighted by atomic mass is 9.67. The second-order valence-corrected chi connectivity index (χ2v) is 9.42. The van der Waals surface area contributed by atoms with E-state index >= 15 is 0 Å². The summed E-state index contributed by atoms with van der Waals surface area (Å²) >= 11 is 12.6. The fourth-order valence-corrected chi connectivity index (χ4v) is 5.17. The first-order valence-electron chi connectivity index (χ1n) is 11.6. The first kappa shape index (κ1) is 25.5. The van der Waals surface area contributed by atoms with Crippen LogP contribution in [0.25, 0.3) is 0 Å². The summed E-state index contributed by atoms with van der Waals surface area (Å²) in [5, 5.41) is 3.68. The van der Waals surface area contributed by atoms with Crippen LogP contribution in [0.1, 0.15) is 28.7 Å². The number of amides is 2. The van der Waals surface area contributed by atoms with Gasteiger partial charge in [0.15, 0.2) is 0 Å². The minimum absolute atomic E-state index is 0.0606. The fourth-order valence-electron chi connectivity index (χ4n) is 4.61. The van der Waals surface area contributed by atoms with Gasteiger partial charge in [-0.2, -0.15) is 0 Å². The number of hydrogen-bond acceptors (Lipinski definition) is 2. The highest BCUT2D eigenvalue weighted by atomic mass is 35.5. The molecular weight excluding hydrogens is 491 g/mol. The van der Waals surface area contributed by atoms with E-state index in [0.29, 0.717) is 15.6 Å². The van der Waals surface area contributed by atoms with E-state index in [1.165, 1.54) is 0 Å². The molecule has 0 radical (unpaired) electrons. The fraction of sp³-hybridized carbons (Fsp3) is 0.133. The van der Waals surface area contributed by atoms with Crippen LogP contribution in [0.5, 0.6) is 0 Å². The molecule has 4 aromatic carbocycles. The predicted octanol–water partition coefficient (Wildman–Crippen LogP) is 5.93. The first-order valence-corrected chi connectivity index (χ1v) is 12.4. The second-order valence-electron chi connectivity index (χ2n) is 8.61. The number of halogens is 2. The van der Waals surface area contributed by atoms with Crippen LogP contribution in [0.2, 0.25) is 10.0 Å². The van der Waals surface area contributed by atoms with Crippen molar-refractivity contribution in [3.05, 3.63) is 141 Å². The molecule has 0 aliphatic carbocycles. The summed E-state index contributed by atoms with van der Waals surface area (Å²) in [6, 6.07) is 33.8. The van der Waals surface area contributed by atoms with E-state index < -0.39 is 17.4 Å². The number of rotatable bonds is 9. The van der Waals surface area contributed by atoms with E-state index in [-0.39, 0.29) is 18.7 Å². The molecule has 0 fully saturated rings. The van der Waals surface area contributed by atoms with Gasteiger partial charge in [0.2, 0.25) is 11.8 Å². The third kappa shape index (κ3) is 5.46. The maximum absolute atomic E-state index is 13.7. The van der Waals surface area contributed by atoms with Crippen LogP contribution >= 0.6 is 23.2 Å². The Morgan fingerprint density at radius 2 is 1.11 bits per heavy atom. The number of primary amides is 1. The standard InChI is InChI=1S/C30H26Cl2N2O2/c31-25-17-10-18-26(32)24(25)19-27(29(33)36)34-28(35)20-30(21-11-4-1-5-12-21,22-13-6-2-7-14-22)23-15-8-3-9-16-23/h1-18,27H,19-20H2,(H2,33,36)(H,34,35)/t27-/m1/s1. The zero-order chi connectivity index (χ0) is 25.5. The van der Waals surface area contributed by atoms with Gasteiger partial charge in [0.05, 0.1) is 5.41 Å². The van der Waals surface area contributed by atoms with E-state index in [1.807, 2.05) is 91.0 Å². The summed E-state index contributed by atoms with van der Waals surface area (Å²) in [6.45, 7) is 0. The highest BCUT2D eigenvalue weighted by Crippen LogP contribution is 2.42. The Bertz CT molecular complexity index is 1210. The predicted molar refractivity (Wildman–Crippen MR) is 145 cm³/mol. The third-order valence-corrected chi connectivity index (χ3v) is 7.08. The van der Waals surface area contributed by atoms with Gasteiger partial charge < -0.3 is 11.1 Å². The van der Waals surface area contributed by atoms with Gasteiger partial charge in [-0.1, -0.05) is 120 Å². The van der Waals surface area contributed by atoms with Crippen LogP contribution in [-0.2, 0) is 21.4 Å². The number of nitrogens with two attached hydrogens (primary N) is 1. The lowest BCUT2D eigenvalue weighted by molar-refractivity contribution is -0.127. The number of hydrogen-bond donors (Lipinski definition) is 2. The van der Waals surface area contributed by atoms with E-state index in [1.54, 1.807) is 18.2 Å². The quantitative estimate of drug-likeness (QED) is 0.270. The van der Waals surface area contributed by atoms with Crippen LogP contribution in [0, 0.1) is 0 Å². The molecule has 0 aliphatic rings. The first-order chi connectivity index (χ1) is 17.4. The Hall–Kier alpha value is -3.60. The molecule has 0 heterocycles. The van der Waals surface area contributed by atoms with Crippen molar-refractivity contribution in [1.29, 1.82) is 0 Å². The van der Waals surface area contributed by atoms with Crippen molar-refractivity contribution in [2.75, 3.05) is 0 Å². The largest absolute Gasteiger partial charge is 0.368 e. The van der Waals surface area contributed by atoms with Gasteiger partial charge in [-0.25, -0.2) is 0 Å². The van der Waals surface area contributed by atoms with Crippen LogP contribution in [-0.4, -0.2) is 17.9 Å². The summed E-state index contributed by atoms with van der Waals surface area (Å²) in [4.78, 5) is 26.0. The molecule has 6 heteroatoms. The highest BCUT2D eigenvalue weighted by Gasteiger charge is 2.39. The van der Waals surface area contributed by atoms with E-state index in [4.69, 9.17) is 28.9 Å². The minimum atomic E-state index is -0.977. The zero-order valence-electron chi connectivity index (χ0n) is 19.5. The van der Waals surface area contributed by atoms with Crippen molar-refractivity contribution < 1.29 is 9.59 Å². The molecule has 0 saturated heterocycles. The van der Waals surface area contributed by atoms with Gasteiger partial charge in [0, 0.05) is 22.9 Å². The van der Waals surface area contributed by atoms with E-state index in [2.05, 4.69) is 5.32 Å². The molecule has 0 aliphatic heterocycles. The topological polar surface area (TPSA) is 72.2 Å². The van der Waals surface area contributed by atoms with Crippen LogP contribution in [0.3, 0.4) is 0 Å². The van der Waals surface area contributed by atoms with E-state index in [0.717, 1.165) is 16.7 Å². The molecule has 0 saturated carbocycles. The molecular formula is C30H26Cl2N2O2. The molecule has 0 unspecified atom stereocenters. The van der Waals surface area contributed by atoms with Gasteiger partial charge in [-0.3, -0.25) is 9.59 Å². The number of benzene rings is 4. The molecule has 0 spiro atoms. The Kier molecular flexibility index (Phi) is 8.09. The van der Waals surface area contributed by atoms with Gasteiger partial charge in [0.25, 0.3) is 0 Å². The molecule has 36 heavy (non-hydrogen) atoms. The lowest BCUT2D eigenvalue weighted by Gasteiger charge is -2.36. The monoisotopic (exact) mass is 516 g/mol. The number of carbonyl (C=O) groups excluding carboxylic acids is 2. The second kappa shape index (κ2) is 11.4. The van der Waals surface area contributed by atoms with Gasteiger partial charge in [0.1, 0.15) is 6.04 Å². The van der Waals surface area contributed by atoms with Gasteiger partial charge in [-0.05, 0) is 34.4 Å². The molecule has 4 nitrogen and oxygen atoms in total. The minimum Gasteiger partial charge on any atom is -0.368 e. The molecule has 0 aromatic heterocycles. The summed E-state index contributed by atoms with van der Waals surface area (Å²) in [5.41, 5.74) is 8.34. The molecule has 182 valence electrons. The zero-order valence-corrected chi connectivity index (χ0v) is 21.0. The lowest BCUT2D eigenvalue weighted by Crippen LogP contribution is -2.48. The maximum atomic E-state index is 13.7. The van der Waals surface area contributed by atoms with Crippen molar-refractivity contribution in [3.63, 3.8) is 0 Å². The highest BCUT2D eigenvalue weighted by molar-refractivity contribution is 6.36. The molecule has 4 aromatic rings. The summed E-state index contributed by atoms with van der Waals surface area (Å²) in [5.74, 6) is -0.984. The van der Waals surface area contributed by atoms with Gasteiger partial charge >= 0.3 is 0 Å². The third-order valence-electron chi connectivity index (χ3n) is 6.37. The Morgan fingerprint density at radius 1 is 0.694 bits per heavy atom. The average molecular weight is 517 g/mol. The summed E-state index contributed by atoms with van der Waals surface area (Å²) in [7, 11) is 0. The van der Waals surface area contributed by atoms with Crippen LogP contribution in [0.4, 0.5) is 0 Å². The van der Waals surface area contributed by atoms with Crippen molar-refractivity contribution in [2.45, 2.75) is 24.3 Å². The van der Waals surface area contributed by atoms with Gasteiger partial charge in [-0.15, -0.1) is 0 Å². The molecule has 2 amide bonds.